The van der Waals surface area contributed by atoms with Gasteiger partial charge in [0.15, 0.2) is 0 Å². The number of hydrogen-bond donors (Lipinski definition) is 1. The van der Waals surface area contributed by atoms with Crippen LogP contribution in [-0.2, 0) is 0 Å². The number of allylic oxidation sites excluding steroid dienone is 1. The maximum absolute atomic E-state index is 9.22. The Morgan fingerprint density at radius 2 is 1.91 bits per heavy atom. The zero-order valence-corrected chi connectivity index (χ0v) is 6.97. The highest BCUT2D eigenvalue weighted by Crippen LogP contribution is 2.61. The molecular weight excluding hydrogens is 136 g/mol. The van der Waals surface area contributed by atoms with Gasteiger partial charge < -0.3 is 5.11 Å². The van der Waals surface area contributed by atoms with Crippen molar-refractivity contribution in [3.8, 4) is 0 Å². The van der Waals surface area contributed by atoms with E-state index in [9.17, 15) is 5.11 Å². The second-order valence-corrected chi connectivity index (χ2v) is 4.40. The highest BCUT2D eigenvalue weighted by atomic mass is 16.3. The van der Waals surface area contributed by atoms with Crippen LogP contribution in [0.25, 0.3) is 0 Å². The maximum atomic E-state index is 9.22. The van der Waals surface area contributed by atoms with Crippen molar-refractivity contribution in [1.29, 1.82) is 0 Å². The molecule has 1 N–H and O–H groups in total. The van der Waals surface area contributed by atoms with Gasteiger partial charge in [0, 0.05) is 6.61 Å². The van der Waals surface area contributed by atoms with Crippen molar-refractivity contribution in [1.82, 2.24) is 0 Å². The minimum atomic E-state index is 0.300. The van der Waals surface area contributed by atoms with E-state index in [4.69, 9.17) is 0 Å². The van der Waals surface area contributed by atoms with Gasteiger partial charge in [-0.1, -0.05) is 6.08 Å². The fourth-order valence-electron chi connectivity index (χ4n) is 2.87. The van der Waals surface area contributed by atoms with Crippen LogP contribution in [0.15, 0.2) is 12.7 Å². The van der Waals surface area contributed by atoms with Crippen LogP contribution >= 0.6 is 0 Å². The summed E-state index contributed by atoms with van der Waals surface area (Å²) in [6, 6.07) is 0. The summed E-state index contributed by atoms with van der Waals surface area (Å²) in [5.74, 6) is 0. The highest BCUT2D eigenvalue weighted by Gasteiger charge is 2.51. The van der Waals surface area contributed by atoms with Crippen molar-refractivity contribution in [2.24, 2.45) is 10.8 Å². The molecule has 0 radical (unpaired) electrons. The zero-order valence-electron chi connectivity index (χ0n) is 6.97. The van der Waals surface area contributed by atoms with Crippen LogP contribution in [0.2, 0.25) is 0 Å². The van der Waals surface area contributed by atoms with Gasteiger partial charge in [-0.2, -0.15) is 0 Å². The van der Waals surface area contributed by atoms with Crippen LogP contribution in [0, 0.1) is 10.8 Å². The van der Waals surface area contributed by atoms with Gasteiger partial charge in [0.05, 0.1) is 0 Å². The minimum Gasteiger partial charge on any atom is -0.396 e. The molecule has 11 heavy (non-hydrogen) atoms. The summed E-state index contributed by atoms with van der Waals surface area (Å²) in [7, 11) is 0. The molecule has 0 aromatic heterocycles. The van der Waals surface area contributed by atoms with Crippen LogP contribution in [0.4, 0.5) is 0 Å². The molecule has 0 heterocycles. The Hall–Kier alpha value is -0.300. The summed E-state index contributed by atoms with van der Waals surface area (Å²) >= 11 is 0. The third-order valence-corrected chi connectivity index (χ3v) is 3.80. The molecule has 1 nitrogen and oxygen atoms in total. The normalized spacial score (nSPS) is 48.1. The average Bonchev–Trinajstić information content (AvgIpc) is 2.61. The van der Waals surface area contributed by atoms with Gasteiger partial charge in [-0.05, 0) is 42.9 Å². The Kier molecular flexibility index (Phi) is 1.40. The molecule has 0 aromatic rings. The second-order valence-electron chi connectivity index (χ2n) is 4.40. The van der Waals surface area contributed by atoms with E-state index >= 15 is 0 Å². The lowest BCUT2D eigenvalue weighted by molar-refractivity contribution is 0.133. The molecule has 0 aromatic carbocycles. The van der Waals surface area contributed by atoms with E-state index in [2.05, 4.69) is 12.7 Å². The van der Waals surface area contributed by atoms with Crippen molar-refractivity contribution in [3.05, 3.63) is 12.7 Å². The molecule has 2 aliphatic rings. The molecule has 0 saturated heterocycles. The lowest BCUT2D eigenvalue weighted by atomic mass is 9.82. The van der Waals surface area contributed by atoms with Crippen LogP contribution in [0.1, 0.15) is 32.1 Å². The smallest absolute Gasteiger partial charge is 0.0487 e. The van der Waals surface area contributed by atoms with Crippen LogP contribution in [0.5, 0.6) is 0 Å². The summed E-state index contributed by atoms with van der Waals surface area (Å²) in [6.07, 6.45) is 8.27. The van der Waals surface area contributed by atoms with Gasteiger partial charge >= 0.3 is 0 Å². The molecule has 2 aliphatic carbocycles. The summed E-state index contributed by atoms with van der Waals surface area (Å²) in [6.45, 7) is 4.29. The van der Waals surface area contributed by atoms with Crippen molar-refractivity contribution in [2.45, 2.75) is 32.1 Å². The number of aliphatic hydroxyl groups is 1. The molecule has 0 unspecified atom stereocenters. The standard InChI is InChI=1S/C10H16O/c1-2-9-3-5-10(7-9,8-11)6-4-9/h2,11H,1,3-8H2. The molecule has 2 bridgehead atoms. The first kappa shape index (κ1) is 7.35. The van der Waals surface area contributed by atoms with Gasteiger partial charge in [-0.25, -0.2) is 0 Å². The molecule has 2 rings (SSSR count). The number of fused-ring (bicyclic) bond motifs is 2. The SMILES string of the molecule is C=CC12CCC(CO)(CC1)C2. The van der Waals surface area contributed by atoms with E-state index < -0.39 is 0 Å². The zero-order chi connectivity index (χ0) is 7.95. The molecule has 0 atom stereocenters. The van der Waals surface area contributed by atoms with Gasteiger partial charge in [0.1, 0.15) is 0 Å². The van der Waals surface area contributed by atoms with Gasteiger partial charge in [-0.3, -0.25) is 0 Å². The molecule has 62 valence electrons. The topological polar surface area (TPSA) is 20.2 Å². The van der Waals surface area contributed by atoms with Gasteiger partial charge in [0.2, 0.25) is 0 Å². The summed E-state index contributed by atoms with van der Waals surface area (Å²) in [5, 5.41) is 9.22. The predicted octanol–water partition coefficient (Wildman–Crippen LogP) is 2.12. The first-order valence-corrected chi connectivity index (χ1v) is 4.49. The number of hydrogen-bond acceptors (Lipinski definition) is 1. The quantitative estimate of drug-likeness (QED) is 0.601. The van der Waals surface area contributed by atoms with Gasteiger partial charge in [-0.15, -0.1) is 6.58 Å². The minimum absolute atomic E-state index is 0.300. The van der Waals surface area contributed by atoms with Crippen LogP contribution in [0.3, 0.4) is 0 Å². The largest absolute Gasteiger partial charge is 0.396 e. The third kappa shape index (κ3) is 0.871. The second kappa shape index (κ2) is 2.10. The molecule has 2 saturated carbocycles. The lowest BCUT2D eigenvalue weighted by Crippen LogP contribution is -2.18. The third-order valence-electron chi connectivity index (χ3n) is 3.80. The molecule has 0 spiro atoms. The van der Waals surface area contributed by atoms with E-state index in [1.165, 1.54) is 32.1 Å². The van der Waals surface area contributed by atoms with Crippen molar-refractivity contribution in [3.63, 3.8) is 0 Å². The molecule has 1 heteroatoms. The Morgan fingerprint density at radius 1 is 1.27 bits per heavy atom. The fraction of sp³-hybridized carbons (Fsp3) is 0.800. The molecular formula is C10H16O. The number of rotatable bonds is 2. The predicted molar refractivity (Wildman–Crippen MR) is 45.2 cm³/mol. The highest BCUT2D eigenvalue weighted by molar-refractivity contribution is 5.11. The first-order valence-electron chi connectivity index (χ1n) is 4.49. The monoisotopic (exact) mass is 152 g/mol. The summed E-state index contributed by atoms with van der Waals surface area (Å²) in [5.41, 5.74) is 0.719. The fourth-order valence-corrected chi connectivity index (χ4v) is 2.87. The Bertz CT molecular complexity index is 175. The Labute approximate surface area is 68.1 Å². The Balaban J connectivity index is 2.21. The summed E-state index contributed by atoms with van der Waals surface area (Å²) in [4.78, 5) is 0. The molecule has 0 aliphatic heterocycles. The summed E-state index contributed by atoms with van der Waals surface area (Å²) < 4.78 is 0. The average molecular weight is 152 g/mol. The van der Waals surface area contributed by atoms with E-state index in [0.29, 0.717) is 17.4 Å². The first-order chi connectivity index (χ1) is 5.24. The lowest BCUT2D eigenvalue weighted by Gasteiger charge is -2.24. The van der Waals surface area contributed by atoms with Crippen molar-refractivity contribution < 1.29 is 5.11 Å². The van der Waals surface area contributed by atoms with E-state index in [-0.39, 0.29) is 0 Å². The van der Waals surface area contributed by atoms with E-state index in [1.807, 2.05) is 0 Å². The van der Waals surface area contributed by atoms with E-state index in [1.54, 1.807) is 0 Å². The van der Waals surface area contributed by atoms with Crippen molar-refractivity contribution >= 4 is 0 Å². The van der Waals surface area contributed by atoms with Crippen LogP contribution in [-0.4, -0.2) is 11.7 Å². The Morgan fingerprint density at radius 3 is 2.18 bits per heavy atom. The maximum Gasteiger partial charge on any atom is 0.0487 e. The molecule has 0 amide bonds. The number of aliphatic hydroxyl groups excluding tert-OH is 1. The van der Waals surface area contributed by atoms with Gasteiger partial charge in [0.25, 0.3) is 0 Å². The van der Waals surface area contributed by atoms with E-state index in [0.717, 1.165) is 0 Å². The van der Waals surface area contributed by atoms with Crippen LogP contribution < -0.4 is 0 Å². The van der Waals surface area contributed by atoms with Crippen molar-refractivity contribution in [2.75, 3.05) is 6.61 Å². The molecule has 2 fully saturated rings.